The minimum atomic E-state index is 0.683. The molecule has 0 unspecified atom stereocenters. The summed E-state index contributed by atoms with van der Waals surface area (Å²) < 4.78 is 11.1. The SMILES string of the molecule is CCOc1ccc(-c2ccccc2-c2ccc(OCC)cc2)cc1. The van der Waals surface area contributed by atoms with Gasteiger partial charge in [0.15, 0.2) is 0 Å². The van der Waals surface area contributed by atoms with Crippen LogP contribution >= 0.6 is 0 Å². The molecule has 0 bridgehead atoms. The lowest BCUT2D eigenvalue weighted by molar-refractivity contribution is 0.340. The van der Waals surface area contributed by atoms with Crippen molar-refractivity contribution in [3.05, 3.63) is 72.8 Å². The summed E-state index contributed by atoms with van der Waals surface area (Å²) in [5, 5.41) is 0. The van der Waals surface area contributed by atoms with E-state index in [0.29, 0.717) is 13.2 Å². The second kappa shape index (κ2) is 7.69. The van der Waals surface area contributed by atoms with Crippen molar-refractivity contribution >= 4 is 0 Å². The van der Waals surface area contributed by atoms with Crippen LogP contribution in [-0.4, -0.2) is 13.2 Å². The van der Waals surface area contributed by atoms with Gasteiger partial charge in [0.25, 0.3) is 0 Å². The Labute approximate surface area is 143 Å². The number of benzene rings is 3. The van der Waals surface area contributed by atoms with Crippen LogP contribution in [0.1, 0.15) is 13.8 Å². The molecule has 0 aromatic heterocycles. The number of ether oxygens (including phenoxy) is 2. The van der Waals surface area contributed by atoms with E-state index in [0.717, 1.165) is 11.5 Å². The van der Waals surface area contributed by atoms with Crippen molar-refractivity contribution in [1.82, 2.24) is 0 Å². The molecule has 0 aliphatic rings. The molecular weight excluding hydrogens is 296 g/mol. The maximum absolute atomic E-state index is 5.53. The molecule has 0 amide bonds. The smallest absolute Gasteiger partial charge is 0.119 e. The first-order chi connectivity index (χ1) is 11.8. The lowest BCUT2D eigenvalue weighted by atomic mass is 9.94. The van der Waals surface area contributed by atoms with E-state index in [1.807, 2.05) is 38.1 Å². The first-order valence-corrected chi connectivity index (χ1v) is 8.37. The van der Waals surface area contributed by atoms with E-state index in [9.17, 15) is 0 Å². The Hall–Kier alpha value is -2.74. The molecule has 24 heavy (non-hydrogen) atoms. The van der Waals surface area contributed by atoms with Crippen LogP contribution in [0.25, 0.3) is 22.3 Å². The Morgan fingerprint density at radius 3 is 1.25 bits per heavy atom. The summed E-state index contributed by atoms with van der Waals surface area (Å²) in [7, 11) is 0. The van der Waals surface area contributed by atoms with Gasteiger partial charge in [0.2, 0.25) is 0 Å². The highest BCUT2D eigenvalue weighted by Gasteiger charge is 2.07. The Morgan fingerprint density at radius 1 is 0.542 bits per heavy atom. The zero-order valence-corrected chi connectivity index (χ0v) is 14.2. The molecule has 0 saturated carbocycles. The molecule has 2 heteroatoms. The van der Waals surface area contributed by atoms with Crippen molar-refractivity contribution in [2.24, 2.45) is 0 Å². The number of hydrogen-bond donors (Lipinski definition) is 0. The fraction of sp³-hybridized carbons (Fsp3) is 0.182. The van der Waals surface area contributed by atoms with Crippen LogP contribution in [0, 0.1) is 0 Å². The molecule has 0 heterocycles. The monoisotopic (exact) mass is 318 g/mol. The van der Waals surface area contributed by atoms with E-state index in [2.05, 4.69) is 48.5 Å². The van der Waals surface area contributed by atoms with Crippen LogP contribution in [0.5, 0.6) is 11.5 Å². The van der Waals surface area contributed by atoms with E-state index in [-0.39, 0.29) is 0 Å². The van der Waals surface area contributed by atoms with Crippen LogP contribution in [0.4, 0.5) is 0 Å². The van der Waals surface area contributed by atoms with E-state index in [1.165, 1.54) is 22.3 Å². The quantitative estimate of drug-likeness (QED) is 0.570. The van der Waals surface area contributed by atoms with Crippen molar-refractivity contribution in [2.45, 2.75) is 13.8 Å². The summed E-state index contributed by atoms with van der Waals surface area (Å²) in [4.78, 5) is 0. The molecule has 0 saturated heterocycles. The highest BCUT2D eigenvalue weighted by molar-refractivity contribution is 5.83. The van der Waals surface area contributed by atoms with Gasteiger partial charge in [0.1, 0.15) is 11.5 Å². The molecule has 0 aliphatic carbocycles. The molecule has 3 aromatic carbocycles. The van der Waals surface area contributed by atoms with Gasteiger partial charge in [0, 0.05) is 0 Å². The zero-order chi connectivity index (χ0) is 16.8. The normalized spacial score (nSPS) is 10.4. The minimum Gasteiger partial charge on any atom is -0.494 e. The molecule has 2 nitrogen and oxygen atoms in total. The number of rotatable bonds is 6. The Bertz CT molecular complexity index is 705. The van der Waals surface area contributed by atoms with Gasteiger partial charge in [-0.2, -0.15) is 0 Å². The van der Waals surface area contributed by atoms with Crippen LogP contribution < -0.4 is 9.47 Å². The van der Waals surface area contributed by atoms with Crippen molar-refractivity contribution in [2.75, 3.05) is 13.2 Å². The largest absolute Gasteiger partial charge is 0.494 e. The summed E-state index contributed by atoms with van der Waals surface area (Å²) in [6, 6.07) is 25.0. The fourth-order valence-electron chi connectivity index (χ4n) is 2.78. The summed E-state index contributed by atoms with van der Waals surface area (Å²) in [6.07, 6.45) is 0. The summed E-state index contributed by atoms with van der Waals surface area (Å²) in [5.41, 5.74) is 4.79. The molecule has 3 rings (SSSR count). The fourth-order valence-corrected chi connectivity index (χ4v) is 2.78. The van der Waals surface area contributed by atoms with Gasteiger partial charge in [-0.3, -0.25) is 0 Å². The molecular formula is C22H22O2. The van der Waals surface area contributed by atoms with Crippen molar-refractivity contribution < 1.29 is 9.47 Å². The Balaban J connectivity index is 1.95. The van der Waals surface area contributed by atoms with Crippen molar-refractivity contribution in [3.63, 3.8) is 0 Å². The van der Waals surface area contributed by atoms with Crippen molar-refractivity contribution in [3.8, 4) is 33.8 Å². The molecule has 0 N–H and O–H groups in total. The predicted molar refractivity (Wildman–Crippen MR) is 99.7 cm³/mol. The third-order valence-corrected chi connectivity index (χ3v) is 3.88. The molecule has 0 radical (unpaired) electrons. The van der Waals surface area contributed by atoms with Gasteiger partial charge < -0.3 is 9.47 Å². The molecule has 0 atom stereocenters. The van der Waals surface area contributed by atoms with Crippen LogP contribution in [0.15, 0.2) is 72.8 Å². The van der Waals surface area contributed by atoms with Crippen LogP contribution in [0.3, 0.4) is 0 Å². The average molecular weight is 318 g/mol. The van der Waals surface area contributed by atoms with Gasteiger partial charge >= 0.3 is 0 Å². The maximum Gasteiger partial charge on any atom is 0.119 e. The van der Waals surface area contributed by atoms with Gasteiger partial charge in [0.05, 0.1) is 13.2 Å². The standard InChI is InChI=1S/C22H22O2/c1-3-23-19-13-9-17(10-14-19)21-7-5-6-8-22(21)18-11-15-20(16-12-18)24-4-2/h5-16H,3-4H2,1-2H3. The van der Waals surface area contributed by atoms with E-state index in [1.54, 1.807) is 0 Å². The van der Waals surface area contributed by atoms with Gasteiger partial charge in [-0.25, -0.2) is 0 Å². The van der Waals surface area contributed by atoms with Gasteiger partial charge in [-0.15, -0.1) is 0 Å². The summed E-state index contributed by atoms with van der Waals surface area (Å²) >= 11 is 0. The Kier molecular flexibility index (Phi) is 5.17. The summed E-state index contributed by atoms with van der Waals surface area (Å²) in [5.74, 6) is 1.81. The maximum atomic E-state index is 5.53. The third kappa shape index (κ3) is 3.60. The van der Waals surface area contributed by atoms with Gasteiger partial charge in [-0.05, 0) is 60.4 Å². The topological polar surface area (TPSA) is 18.5 Å². The zero-order valence-electron chi connectivity index (χ0n) is 14.2. The highest BCUT2D eigenvalue weighted by atomic mass is 16.5. The molecule has 122 valence electrons. The van der Waals surface area contributed by atoms with Gasteiger partial charge in [-0.1, -0.05) is 48.5 Å². The minimum absolute atomic E-state index is 0.683. The molecule has 0 fully saturated rings. The second-order valence-electron chi connectivity index (χ2n) is 5.46. The molecule has 3 aromatic rings. The average Bonchev–Trinajstić information content (AvgIpc) is 2.64. The third-order valence-electron chi connectivity index (χ3n) is 3.88. The Morgan fingerprint density at radius 2 is 0.917 bits per heavy atom. The second-order valence-corrected chi connectivity index (χ2v) is 5.46. The molecule has 0 spiro atoms. The van der Waals surface area contributed by atoms with Crippen molar-refractivity contribution in [1.29, 1.82) is 0 Å². The predicted octanol–water partition coefficient (Wildman–Crippen LogP) is 5.82. The van der Waals surface area contributed by atoms with Crippen LogP contribution in [0.2, 0.25) is 0 Å². The first-order valence-electron chi connectivity index (χ1n) is 8.37. The summed E-state index contributed by atoms with van der Waals surface area (Å²) in [6.45, 7) is 5.36. The van der Waals surface area contributed by atoms with E-state index >= 15 is 0 Å². The number of hydrogen-bond acceptors (Lipinski definition) is 2. The lowest BCUT2D eigenvalue weighted by Crippen LogP contribution is -1.92. The highest BCUT2D eigenvalue weighted by Crippen LogP contribution is 2.33. The van der Waals surface area contributed by atoms with Crippen LogP contribution in [-0.2, 0) is 0 Å². The van der Waals surface area contributed by atoms with E-state index < -0.39 is 0 Å². The lowest BCUT2D eigenvalue weighted by Gasteiger charge is -2.12. The van der Waals surface area contributed by atoms with E-state index in [4.69, 9.17) is 9.47 Å². The molecule has 0 aliphatic heterocycles. The first kappa shape index (κ1) is 16.1.